The lowest BCUT2D eigenvalue weighted by Crippen LogP contribution is -2.00. The van der Waals surface area contributed by atoms with Crippen molar-refractivity contribution in [1.29, 1.82) is 0 Å². The Morgan fingerprint density at radius 2 is 1.94 bits per heavy atom. The second-order valence-electron chi connectivity index (χ2n) is 4.12. The second kappa shape index (κ2) is 5.95. The van der Waals surface area contributed by atoms with E-state index in [0.29, 0.717) is 6.54 Å². The molecule has 6 heteroatoms. The molecule has 0 radical (unpaired) electrons. The molecule has 0 atom stereocenters. The molecule has 2 aromatic rings. The highest BCUT2D eigenvalue weighted by Gasteiger charge is 2.10. The Hall–Kier alpha value is -0.720. The van der Waals surface area contributed by atoms with Crippen molar-refractivity contribution >= 4 is 31.9 Å². The fraction of sp³-hybridized carbons (Fsp3) is 0.333. The first-order valence-corrected chi connectivity index (χ1v) is 7.27. The van der Waals surface area contributed by atoms with Gasteiger partial charge in [0.05, 0.1) is 17.6 Å². The van der Waals surface area contributed by atoms with Gasteiger partial charge < -0.3 is 5.73 Å². The van der Waals surface area contributed by atoms with E-state index in [9.17, 15) is 0 Å². The van der Waals surface area contributed by atoms with E-state index in [1.54, 1.807) is 4.68 Å². The molecule has 1 aromatic heterocycles. The average Bonchev–Trinajstić information content (AvgIpc) is 2.73. The molecule has 0 spiro atoms. The van der Waals surface area contributed by atoms with Crippen LogP contribution in [0.1, 0.15) is 17.7 Å². The first kappa shape index (κ1) is 13.7. The maximum absolute atomic E-state index is 5.49. The maximum atomic E-state index is 5.49. The van der Waals surface area contributed by atoms with E-state index in [1.807, 2.05) is 13.1 Å². The van der Waals surface area contributed by atoms with Crippen molar-refractivity contribution in [2.24, 2.45) is 5.73 Å². The molecular weight excluding hydrogens is 360 g/mol. The SMILES string of the molecule is Cc1cc(Br)c(-n2cc(CCCN)nn2)c(Br)c1. The topological polar surface area (TPSA) is 56.7 Å². The molecule has 1 heterocycles. The fourth-order valence-corrected chi connectivity index (χ4v) is 3.50. The Morgan fingerprint density at radius 3 is 2.56 bits per heavy atom. The normalized spacial score (nSPS) is 10.9. The van der Waals surface area contributed by atoms with E-state index in [1.165, 1.54) is 5.56 Å². The highest BCUT2D eigenvalue weighted by molar-refractivity contribution is 9.11. The Kier molecular flexibility index (Phi) is 4.53. The summed E-state index contributed by atoms with van der Waals surface area (Å²) < 4.78 is 3.76. The summed E-state index contributed by atoms with van der Waals surface area (Å²) in [4.78, 5) is 0. The summed E-state index contributed by atoms with van der Waals surface area (Å²) >= 11 is 7.12. The summed E-state index contributed by atoms with van der Waals surface area (Å²) in [5, 5.41) is 8.31. The zero-order chi connectivity index (χ0) is 13.1. The van der Waals surface area contributed by atoms with Gasteiger partial charge in [-0.15, -0.1) is 5.10 Å². The number of benzene rings is 1. The molecule has 0 amide bonds. The van der Waals surface area contributed by atoms with Crippen molar-refractivity contribution in [3.05, 3.63) is 38.5 Å². The summed E-state index contributed by atoms with van der Waals surface area (Å²) in [6, 6.07) is 4.11. The van der Waals surface area contributed by atoms with Crippen LogP contribution in [0.25, 0.3) is 5.69 Å². The van der Waals surface area contributed by atoms with Gasteiger partial charge in [0, 0.05) is 8.95 Å². The smallest absolute Gasteiger partial charge is 0.0947 e. The van der Waals surface area contributed by atoms with Crippen LogP contribution in [0.2, 0.25) is 0 Å². The first-order valence-electron chi connectivity index (χ1n) is 5.69. The molecule has 18 heavy (non-hydrogen) atoms. The van der Waals surface area contributed by atoms with Crippen LogP contribution >= 0.6 is 31.9 Å². The molecular formula is C12H14Br2N4. The lowest BCUT2D eigenvalue weighted by atomic mass is 10.2. The second-order valence-corrected chi connectivity index (χ2v) is 5.83. The van der Waals surface area contributed by atoms with Crippen LogP contribution in [-0.4, -0.2) is 21.5 Å². The fourth-order valence-electron chi connectivity index (χ4n) is 1.72. The van der Waals surface area contributed by atoms with Crippen LogP contribution in [0.4, 0.5) is 0 Å². The number of hydrogen-bond donors (Lipinski definition) is 1. The Balaban J connectivity index is 2.34. The van der Waals surface area contributed by atoms with E-state index >= 15 is 0 Å². The minimum atomic E-state index is 0.671. The van der Waals surface area contributed by atoms with Crippen molar-refractivity contribution in [3.8, 4) is 5.69 Å². The monoisotopic (exact) mass is 372 g/mol. The number of rotatable bonds is 4. The standard InChI is InChI=1S/C12H14Br2N4/c1-8-5-10(13)12(11(14)6-8)18-7-9(16-17-18)3-2-4-15/h5-7H,2-4,15H2,1H3. The zero-order valence-corrected chi connectivity index (χ0v) is 13.2. The maximum Gasteiger partial charge on any atom is 0.0947 e. The van der Waals surface area contributed by atoms with E-state index < -0.39 is 0 Å². The number of aryl methyl sites for hydroxylation is 2. The van der Waals surface area contributed by atoms with Crippen molar-refractivity contribution in [2.45, 2.75) is 19.8 Å². The highest BCUT2D eigenvalue weighted by Crippen LogP contribution is 2.30. The van der Waals surface area contributed by atoms with Crippen LogP contribution < -0.4 is 5.73 Å². The number of nitrogens with two attached hydrogens (primary N) is 1. The van der Waals surface area contributed by atoms with Gasteiger partial charge in [0.2, 0.25) is 0 Å². The van der Waals surface area contributed by atoms with Gasteiger partial charge in [0.1, 0.15) is 0 Å². The average molecular weight is 374 g/mol. The quantitative estimate of drug-likeness (QED) is 0.896. The molecule has 2 rings (SSSR count). The van der Waals surface area contributed by atoms with E-state index in [4.69, 9.17) is 5.73 Å². The predicted molar refractivity (Wildman–Crippen MR) is 78.9 cm³/mol. The molecule has 2 N–H and O–H groups in total. The number of nitrogens with zero attached hydrogens (tertiary/aromatic N) is 3. The van der Waals surface area contributed by atoms with Crippen molar-refractivity contribution < 1.29 is 0 Å². The van der Waals surface area contributed by atoms with Gasteiger partial charge in [-0.25, -0.2) is 4.68 Å². The molecule has 96 valence electrons. The van der Waals surface area contributed by atoms with Crippen LogP contribution in [-0.2, 0) is 6.42 Å². The lowest BCUT2D eigenvalue weighted by Gasteiger charge is -2.07. The molecule has 0 aliphatic heterocycles. The van der Waals surface area contributed by atoms with Gasteiger partial charge in [-0.05, 0) is 75.9 Å². The minimum absolute atomic E-state index is 0.671. The van der Waals surface area contributed by atoms with E-state index in [2.05, 4.69) is 54.3 Å². The Morgan fingerprint density at radius 1 is 1.28 bits per heavy atom. The lowest BCUT2D eigenvalue weighted by molar-refractivity contribution is 0.776. The largest absolute Gasteiger partial charge is 0.330 e. The molecule has 1 aromatic carbocycles. The number of halogens is 2. The molecule has 0 saturated carbocycles. The third-order valence-electron chi connectivity index (χ3n) is 2.57. The van der Waals surface area contributed by atoms with Crippen LogP contribution in [0.3, 0.4) is 0 Å². The third-order valence-corrected chi connectivity index (χ3v) is 3.78. The van der Waals surface area contributed by atoms with Crippen molar-refractivity contribution in [3.63, 3.8) is 0 Å². The Labute approximate surface area is 123 Å². The summed E-state index contributed by atoms with van der Waals surface area (Å²) in [6.45, 7) is 2.72. The molecule has 0 fully saturated rings. The summed E-state index contributed by atoms with van der Waals surface area (Å²) in [7, 11) is 0. The first-order chi connectivity index (χ1) is 8.61. The van der Waals surface area contributed by atoms with Gasteiger partial charge in [-0.3, -0.25) is 0 Å². The molecule has 0 aliphatic carbocycles. The molecule has 4 nitrogen and oxygen atoms in total. The summed E-state index contributed by atoms with van der Waals surface area (Å²) in [6.07, 6.45) is 3.72. The van der Waals surface area contributed by atoms with Crippen LogP contribution in [0.15, 0.2) is 27.3 Å². The van der Waals surface area contributed by atoms with Gasteiger partial charge in [-0.1, -0.05) is 5.21 Å². The third kappa shape index (κ3) is 2.99. The highest BCUT2D eigenvalue weighted by atomic mass is 79.9. The van der Waals surface area contributed by atoms with Crippen molar-refractivity contribution in [2.75, 3.05) is 6.54 Å². The van der Waals surface area contributed by atoms with Gasteiger partial charge >= 0.3 is 0 Å². The van der Waals surface area contributed by atoms with E-state index in [0.717, 1.165) is 33.2 Å². The molecule has 0 aliphatic rings. The van der Waals surface area contributed by atoms with Crippen molar-refractivity contribution in [1.82, 2.24) is 15.0 Å². The van der Waals surface area contributed by atoms with Gasteiger partial charge in [0.25, 0.3) is 0 Å². The van der Waals surface area contributed by atoms with Crippen LogP contribution in [0, 0.1) is 6.92 Å². The van der Waals surface area contributed by atoms with E-state index in [-0.39, 0.29) is 0 Å². The van der Waals surface area contributed by atoms with Gasteiger partial charge in [-0.2, -0.15) is 0 Å². The van der Waals surface area contributed by atoms with Gasteiger partial charge in [0.15, 0.2) is 0 Å². The van der Waals surface area contributed by atoms with Crippen LogP contribution in [0.5, 0.6) is 0 Å². The molecule has 0 bridgehead atoms. The molecule has 0 unspecified atom stereocenters. The number of hydrogen-bond acceptors (Lipinski definition) is 3. The number of aromatic nitrogens is 3. The summed E-state index contributed by atoms with van der Waals surface area (Å²) in [5.74, 6) is 0. The molecule has 0 saturated heterocycles. The minimum Gasteiger partial charge on any atom is -0.330 e. The Bertz CT molecular complexity index is 528. The zero-order valence-electron chi connectivity index (χ0n) is 10.0. The summed E-state index contributed by atoms with van der Waals surface area (Å²) in [5.41, 5.74) is 8.59. The predicted octanol–water partition coefficient (Wildman–Crippen LogP) is 2.99.